The van der Waals surface area contributed by atoms with E-state index in [1.165, 1.54) is 11.3 Å². The van der Waals surface area contributed by atoms with Gasteiger partial charge in [0, 0.05) is 5.56 Å². The van der Waals surface area contributed by atoms with Crippen LogP contribution in [0, 0.1) is 0 Å². The summed E-state index contributed by atoms with van der Waals surface area (Å²) in [6.45, 7) is 3.78. The fraction of sp³-hybridized carbons (Fsp3) is 0.190. The number of furan rings is 1. The number of esters is 1. The fourth-order valence-corrected chi connectivity index (χ4v) is 4.30. The molecule has 1 aliphatic rings. The van der Waals surface area contributed by atoms with Gasteiger partial charge in [0.05, 0.1) is 41.0 Å². The Hall–Kier alpha value is -3.19. The first kappa shape index (κ1) is 18.2. The largest absolute Gasteiger partial charge is 0.472 e. The zero-order valence-electron chi connectivity index (χ0n) is 15.4. The second-order valence-electron chi connectivity index (χ2n) is 6.27. The zero-order valence-corrected chi connectivity index (χ0v) is 16.2. The van der Waals surface area contributed by atoms with E-state index in [0.717, 1.165) is 11.1 Å². The van der Waals surface area contributed by atoms with Gasteiger partial charge < -0.3 is 9.15 Å². The maximum Gasteiger partial charge on any atom is 0.338 e. The third-order valence-electron chi connectivity index (χ3n) is 4.47. The van der Waals surface area contributed by atoms with Gasteiger partial charge in [0.1, 0.15) is 0 Å². The third kappa shape index (κ3) is 3.14. The van der Waals surface area contributed by atoms with Crippen LogP contribution in [0.15, 0.2) is 74.4 Å². The maximum atomic E-state index is 13.2. The van der Waals surface area contributed by atoms with Gasteiger partial charge in [-0.2, -0.15) is 0 Å². The van der Waals surface area contributed by atoms with Crippen LogP contribution in [0.5, 0.6) is 0 Å². The lowest BCUT2D eigenvalue weighted by atomic mass is 9.96. The number of allylic oxidation sites excluding steroid dienone is 1. The molecule has 4 rings (SSSR count). The summed E-state index contributed by atoms with van der Waals surface area (Å²) in [7, 11) is 0. The minimum Gasteiger partial charge on any atom is -0.472 e. The Morgan fingerprint density at radius 3 is 2.79 bits per heavy atom. The molecule has 0 bridgehead atoms. The SMILES string of the molecule is CCOC(=O)C1=C(C)N=c2s/c(=C/c3ccoc3)c(=O)n2C1c1ccccc1. The molecular weight excluding hydrogens is 376 g/mol. The van der Waals surface area contributed by atoms with E-state index >= 15 is 0 Å². The summed E-state index contributed by atoms with van der Waals surface area (Å²) < 4.78 is 12.4. The molecular formula is C21H18N2O4S. The smallest absolute Gasteiger partial charge is 0.338 e. The molecule has 6 nitrogen and oxygen atoms in total. The Bertz CT molecular complexity index is 1220. The van der Waals surface area contributed by atoms with Crippen molar-refractivity contribution < 1.29 is 13.9 Å². The van der Waals surface area contributed by atoms with Gasteiger partial charge in [-0.1, -0.05) is 41.7 Å². The molecule has 0 N–H and O–H groups in total. The molecule has 3 heterocycles. The summed E-state index contributed by atoms with van der Waals surface area (Å²) >= 11 is 1.29. The summed E-state index contributed by atoms with van der Waals surface area (Å²) in [5.74, 6) is -0.457. The van der Waals surface area contributed by atoms with Gasteiger partial charge in [0.15, 0.2) is 4.80 Å². The number of carbonyl (C=O) groups is 1. The number of hydrogen-bond acceptors (Lipinski definition) is 6. The highest BCUT2D eigenvalue weighted by Crippen LogP contribution is 2.30. The number of aromatic nitrogens is 1. The van der Waals surface area contributed by atoms with Crippen LogP contribution in [0.3, 0.4) is 0 Å². The van der Waals surface area contributed by atoms with Crippen molar-refractivity contribution >= 4 is 23.4 Å². The first-order valence-corrected chi connectivity index (χ1v) is 9.68. The fourth-order valence-electron chi connectivity index (χ4n) is 3.25. The summed E-state index contributed by atoms with van der Waals surface area (Å²) in [5.41, 5.74) is 2.37. The average Bonchev–Trinajstić information content (AvgIpc) is 3.30. The normalized spacial score (nSPS) is 16.6. The summed E-state index contributed by atoms with van der Waals surface area (Å²) in [5, 5.41) is 0. The molecule has 1 unspecified atom stereocenters. The minimum atomic E-state index is -0.581. The monoisotopic (exact) mass is 394 g/mol. The van der Waals surface area contributed by atoms with Crippen LogP contribution >= 0.6 is 11.3 Å². The summed E-state index contributed by atoms with van der Waals surface area (Å²) in [6.07, 6.45) is 4.89. The Kier molecular flexibility index (Phi) is 4.83. The van der Waals surface area contributed by atoms with E-state index in [-0.39, 0.29) is 12.2 Å². The molecule has 1 aliphatic heterocycles. The van der Waals surface area contributed by atoms with Crippen LogP contribution in [0.2, 0.25) is 0 Å². The van der Waals surface area contributed by atoms with Crippen molar-refractivity contribution in [3.05, 3.63) is 91.0 Å². The van der Waals surface area contributed by atoms with Crippen molar-refractivity contribution in [1.82, 2.24) is 4.57 Å². The number of ether oxygens (including phenoxy) is 1. The molecule has 7 heteroatoms. The Labute approximate surface area is 164 Å². The van der Waals surface area contributed by atoms with Crippen molar-refractivity contribution in [3.8, 4) is 0 Å². The minimum absolute atomic E-state index is 0.201. The number of hydrogen-bond donors (Lipinski definition) is 0. The molecule has 0 aliphatic carbocycles. The molecule has 2 aromatic heterocycles. The van der Waals surface area contributed by atoms with E-state index in [0.29, 0.717) is 20.6 Å². The number of thiazole rings is 1. The number of fused-ring (bicyclic) bond motifs is 1. The second-order valence-corrected chi connectivity index (χ2v) is 7.28. The van der Waals surface area contributed by atoms with Gasteiger partial charge in [-0.15, -0.1) is 0 Å². The van der Waals surface area contributed by atoms with Gasteiger partial charge in [-0.3, -0.25) is 9.36 Å². The molecule has 0 fully saturated rings. The van der Waals surface area contributed by atoms with Gasteiger partial charge in [-0.25, -0.2) is 9.79 Å². The zero-order chi connectivity index (χ0) is 19.7. The highest BCUT2D eigenvalue weighted by Gasteiger charge is 2.33. The lowest BCUT2D eigenvalue weighted by Gasteiger charge is -2.24. The average molecular weight is 394 g/mol. The molecule has 1 atom stereocenters. The predicted octanol–water partition coefficient (Wildman–Crippen LogP) is 2.39. The van der Waals surface area contributed by atoms with E-state index in [1.54, 1.807) is 43.1 Å². The lowest BCUT2D eigenvalue weighted by molar-refractivity contribution is -0.139. The van der Waals surface area contributed by atoms with Crippen molar-refractivity contribution in [3.63, 3.8) is 0 Å². The Balaban J connectivity index is 1.97. The van der Waals surface area contributed by atoms with Gasteiger partial charge in [0.2, 0.25) is 0 Å². The van der Waals surface area contributed by atoms with E-state index in [4.69, 9.17) is 9.15 Å². The van der Waals surface area contributed by atoms with Gasteiger partial charge in [0.25, 0.3) is 5.56 Å². The summed E-state index contributed by atoms with van der Waals surface area (Å²) in [6, 6.07) is 10.7. The van der Waals surface area contributed by atoms with Crippen LogP contribution < -0.4 is 14.9 Å². The Morgan fingerprint density at radius 1 is 1.32 bits per heavy atom. The molecule has 142 valence electrons. The third-order valence-corrected chi connectivity index (χ3v) is 5.46. The van der Waals surface area contributed by atoms with E-state index in [1.807, 2.05) is 30.3 Å². The molecule has 0 spiro atoms. The topological polar surface area (TPSA) is 73.8 Å². The highest BCUT2D eigenvalue weighted by molar-refractivity contribution is 7.07. The highest BCUT2D eigenvalue weighted by atomic mass is 32.1. The van der Waals surface area contributed by atoms with Crippen LogP contribution in [0.4, 0.5) is 0 Å². The van der Waals surface area contributed by atoms with Gasteiger partial charge in [-0.05, 0) is 31.6 Å². The lowest BCUT2D eigenvalue weighted by Crippen LogP contribution is -2.39. The molecule has 1 aromatic carbocycles. The maximum absolute atomic E-state index is 13.2. The number of nitrogens with zero attached hydrogens (tertiary/aromatic N) is 2. The molecule has 0 saturated carbocycles. The van der Waals surface area contributed by atoms with Crippen LogP contribution in [0.25, 0.3) is 6.08 Å². The molecule has 0 amide bonds. The van der Waals surface area contributed by atoms with Crippen molar-refractivity contribution in [2.45, 2.75) is 19.9 Å². The second kappa shape index (κ2) is 7.44. The molecule has 3 aromatic rings. The van der Waals surface area contributed by atoms with Crippen molar-refractivity contribution in [1.29, 1.82) is 0 Å². The van der Waals surface area contributed by atoms with Gasteiger partial charge >= 0.3 is 5.97 Å². The van der Waals surface area contributed by atoms with E-state index in [9.17, 15) is 9.59 Å². The summed E-state index contributed by atoms with van der Waals surface area (Å²) in [4.78, 5) is 31.0. The van der Waals surface area contributed by atoms with Crippen molar-refractivity contribution in [2.75, 3.05) is 6.61 Å². The number of benzene rings is 1. The molecule has 28 heavy (non-hydrogen) atoms. The predicted molar refractivity (Wildman–Crippen MR) is 106 cm³/mol. The first-order chi connectivity index (χ1) is 13.6. The molecule has 0 radical (unpaired) electrons. The van der Waals surface area contributed by atoms with E-state index in [2.05, 4.69) is 4.99 Å². The number of rotatable bonds is 4. The van der Waals surface area contributed by atoms with Crippen LogP contribution in [-0.4, -0.2) is 17.1 Å². The van der Waals surface area contributed by atoms with E-state index < -0.39 is 12.0 Å². The number of carbonyl (C=O) groups excluding carboxylic acids is 1. The van der Waals surface area contributed by atoms with Crippen LogP contribution in [0.1, 0.15) is 31.0 Å². The van der Waals surface area contributed by atoms with Crippen LogP contribution in [-0.2, 0) is 9.53 Å². The molecule has 0 saturated heterocycles. The quantitative estimate of drug-likeness (QED) is 0.637. The Morgan fingerprint density at radius 2 is 2.11 bits per heavy atom. The van der Waals surface area contributed by atoms with Crippen molar-refractivity contribution in [2.24, 2.45) is 4.99 Å². The standard InChI is InChI=1S/C21H18N2O4S/c1-3-27-20(25)17-13(2)22-21-23(18(17)15-7-5-4-6-8-15)19(24)16(28-21)11-14-9-10-26-12-14/h4-12,18H,3H2,1-2H3/b16-11+. The first-order valence-electron chi connectivity index (χ1n) is 8.87.